The lowest BCUT2D eigenvalue weighted by atomic mass is 10.1. The normalized spacial score (nSPS) is 25.8. The largest absolute Gasteiger partial charge is 0.372 e. The van der Waals surface area contributed by atoms with E-state index in [0.717, 1.165) is 24.3 Å². The van der Waals surface area contributed by atoms with Crippen molar-refractivity contribution in [1.29, 1.82) is 0 Å². The van der Waals surface area contributed by atoms with Gasteiger partial charge in [-0.05, 0) is 25.5 Å². The molecule has 1 fully saturated rings. The minimum absolute atomic E-state index is 0.259. The highest BCUT2D eigenvalue weighted by molar-refractivity contribution is 5.52. The maximum atomic E-state index is 5.74. The molecule has 0 radical (unpaired) electrons. The van der Waals surface area contributed by atoms with Gasteiger partial charge >= 0.3 is 0 Å². The van der Waals surface area contributed by atoms with Gasteiger partial charge in [0.25, 0.3) is 0 Å². The summed E-state index contributed by atoms with van der Waals surface area (Å²) < 4.78 is 5.72. The molecule has 0 spiro atoms. The van der Waals surface area contributed by atoms with Crippen LogP contribution in [0.25, 0.3) is 0 Å². The Labute approximate surface area is 96.4 Å². The Hall–Kier alpha value is -1.13. The van der Waals surface area contributed by atoms with Crippen LogP contribution in [-0.4, -0.2) is 30.3 Å². The third-order valence-corrected chi connectivity index (χ3v) is 2.87. The summed E-state index contributed by atoms with van der Waals surface area (Å²) in [5, 5.41) is 0. The Balaban J connectivity index is 2.22. The fourth-order valence-corrected chi connectivity index (χ4v) is 2.25. The lowest BCUT2D eigenvalue weighted by Gasteiger charge is -2.37. The molecule has 88 valence electrons. The highest BCUT2D eigenvalue weighted by Gasteiger charge is 2.23. The summed E-state index contributed by atoms with van der Waals surface area (Å²) >= 11 is 0. The maximum Gasteiger partial charge on any atom is 0.0726 e. The molecule has 2 heterocycles. The van der Waals surface area contributed by atoms with Crippen molar-refractivity contribution in [2.75, 3.05) is 18.0 Å². The Morgan fingerprint density at radius 1 is 1.44 bits per heavy atom. The number of anilines is 1. The molecule has 0 aromatic carbocycles. The Morgan fingerprint density at radius 3 is 2.75 bits per heavy atom. The third kappa shape index (κ3) is 2.33. The molecule has 4 heteroatoms. The predicted molar refractivity (Wildman–Crippen MR) is 64.4 cm³/mol. The molecular formula is C12H19N3O. The Morgan fingerprint density at radius 2 is 2.12 bits per heavy atom. The zero-order valence-corrected chi connectivity index (χ0v) is 9.89. The van der Waals surface area contributed by atoms with Crippen LogP contribution < -0.4 is 10.6 Å². The summed E-state index contributed by atoms with van der Waals surface area (Å²) in [6.45, 7) is 6.56. The lowest BCUT2D eigenvalue weighted by Crippen LogP contribution is -2.46. The summed E-state index contributed by atoms with van der Waals surface area (Å²) in [5.41, 5.74) is 8.04. The summed E-state index contributed by atoms with van der Waals surface area (Å²) in [5.74, 6) is 0. The molecule has 0 unspecified atom stereocenters. The molecule has 1 saturated heterocycles. The quantitative estimate of drug-likeness (QED) is 0.814. The topological polar surface area (TPSA) is 51.4 Å². The van der Waals surface area contributed by atoms with Crippen LogP contribution in [-0.2, 0) is 11.3 Å². The van der Waals surface area contributed by atoms with E-state index in [1.54, 1.807) is 6.20 Å². The van der Waals surface area contributed by atoms with Crippen LogP contribution in [0, 0.1) is 0 Å². The van der Waals surface area contributed by atoms with Crippen molar-refractivity contribution in [3.8, 4) is 0 Å². The Bertz CT molecular complexity index is 346. The first-order valence-electron chi connectivity index (χ1n) is 5.74. The number of nitrogens with two attached hydrogens (primary N) is 1. The van der Waals surface area contributed by atoms with E-state index in [1.807, 2.05) is 12.3 Å². The number of aromatic nitrogens is 1. The van der Waals surface area contributed by atoms with Crippen molar-refractivity contribution in [3.63, 3.8) is 0 Å². The van der Waals surface area contributed by atoms with Crippen LogP contribution in [0.2, 0.25) is 0 Å². The van der Waals surface area contributed by atoms with Gasteiger partial charge in [0.1, 0.15) is 0 Å². The van der Waals surface area contributed by atoms with Gasteiger partial charge in [-0.25, -0.2) is 0 Å². The van der Waals surface area contributed by atoms with Gasteiger partial charge in [-0.2, -0.15) is 0 Å². The molecule has 16 heavy (non-hydrogen) atoms. The van der Waals surface area contributed by atoms with Gasteiger partial charge in [-0.15, -0.1) is 0 Å². The van der Waals surface area contributed by atoms with Gasteiger partial charge in [-0.3, -0.25) is 4.98 Å². The zero-order chi connectivity index (χ0) is 11.5. The van der Waals surface area contributed by atoms with Crippen LogP contribution >= 0.6 is 0 Å². The smallest absolute Gasteiger partial charge is 0.0726 e. The number of rotatable bonds is 2. The van der Waals surface area contributed by atoms with Gasteiger partial charge in [0.2, 0.25) is 0 Å². The van der Waals surface area contributed by atoms with E-state index in [9.17, 15) is 0 Å². The minimum Gasteiger partial charge on any atom is -0.372 e. The van der Waals surface area contributed by atoms with E-state index >= 15 is 0 Å². The number of morpholine rings is 1. The molecule has 2 atom stereocenters. The van der Waals surface area contributed by atoms with Crippen molar-refractivity contribution in [2.45, 2.75) is 32.6 Å². The molecule has 0 bridgehead atoms. The van der Waals surface area contributed by atoms with Crippen molar-refractivity contribution >= 4 is 5.69 Å². The fourth-order valence-electron chi connectivity index (χ4n) is 2.25. The summed E-state index contributed by atoms with van der Waals surface area (Å²) in [6.07, 6.45) is 4.20. The second kappa shape index (κ2) is 4.80. The average molecular weight is 221 g/mol. The van der Waals surface area contributed by atoms with Crippen molar-refractivity contribution in [3.05, 3.63) is 24.0 Å². The summed E-state index contributed by atoms with van der Waals surface area (Å²) in [4.78, 5) is 6.49. The van der Waals surface area contributed by atoms with E-state index < -0.39 is 0 Å². The second-order valence-corrected chi connectivity index (χ2v) is 4.37. The first-order valence-corrected chi connectivity index (χ1v) is 5.74. The monoisotopic (exact) mass is 221 g/mol. The van der Waals surface area contributed by atoms with Gasteiger partial charge in [0.15, 0.2) is 0 Å². The molecule has 2 rings (SSSR count). The standard InChI is InChI=1S/C12H19N3O/c1-9-7-15(8-10(2)16-9)12-6-14-4-3-11(12)5-13/h3-4,6,9-10H,5,7-8,13H2,1-2H3/t9-,10+. The number of pyridine rings is 1. The number of hydrogen-bond acceptors (Lipinski definition) is 4. The molecule has 1 aliphatic heterocycles. The number of hydrogen-bond donors (Lipinski definition) is 1. The molecule has 0 aliphatic carbocycles. The van der Waals surface area contributed by atoms with Gasteiger partial charge < -0.3 is 15.4 Å². The summed E-state index contributed by atoms with van der Waals surface area (Å²) in [7, 11) is 0. The first kappa shape index (κ1) is 11.4. The minimum atomic E-state index is 0.259. The third-order valence-electron chi connectivity index (χ3n) is 2.87. The summed E-state index contributed by atoms with van der Waals surface area (Å²) in [6, 6.07) is 1.99. The number of nitrogens with zero attached hydrogens (tertiary/aromatic N) is 2. The lowest BCUT2D eigenvalue weighted by molar-refractivity contribution is -0.00527. The van der Waals surface area contributed by atoms with Gasteiger partial charge in [0.05, 0.1) is 24.1 Å². The van der Waals surface area contributed by atoms with E-state index in [0.29, 0.717) is 6.54 Å². The highest BCUT2D eigenvalue weighted by atomic mass is 16.5. The second-order valence-electron chi connectivity index (χ2n) is 4.37. The van der Waals surface area contributed by atoms with E-state index in [2.05, 4.69) is 23.7 Å². The van der Waals surface area contributed by atoms with E-state index in [4.69, 9.17) is 10.5 Å². The molecule has 0 amide bonds. The molecule has 2 N–H and O–H groups in total. The Kier molecular flexibility index (Phi) is 3.41. The van der Waals surface area contributed by atoms with Gasteiger partial charge in [-0.1, -0.05) is 0 Å². The van der Waals surface area contributed by atoms with Crippen LogP contribution in [0.3, 0.4) is 0 Å². The average Bonchev–Trinajstić information content (AvgIpc) is 2.27. The van der Waals surface area contributed by atoms with Crippen LogP contribution in [0.1, 0.15) is 19.4 Å². The van der Waals surface area contributed by atoms with Crippen LogP contribution in [0.15, 0.2) is 18.5 Å². The molecule has 1 aromatic heterocycles. The zero-order valence-electron chi connectivity index (χ0n) is 9.89. The maximum absolute atomic E-state index is 5.74. The van der Waals surface area contributed by atoms with Crippen LogP contribution in [0.5, 0.6) is 0 Å². The fraction of sp³-hybridized carbons (Fsp3) is 0.583. The predicted octanol–water partition coefficient (Wildman–Crippen LogP) is 1.15. The van der Waals surface area contributed by atoms with E-state index in [1.165, 1.54) is 0 Å². The molecule has 1 aromatic rings. The van der Waals surface area contributed by atoms with Gasteiger partial charge in [0, 0.05) is 25.8 Å². The van der Waals surface area contributed by atoms with Crippen molar-refractivity contribution in [2.24, 2.45) is 5.73 Å². The SMILES string of the molecule is C[C@@H]1CN(c2cnccc2CN)C[C@H](C)O1. The molecule has 0 saturated carbocycles. The molecule has 4 nitrogen and oxygen atoms in total. The van der Waals surface area contributed by atoms with E-state index in [-0.39, 0.29) is 12.2 Å². The van der Waals surface area contributed by atoms with Crippen LogP contribution in [0.4, 0.5) is 5.69 Å². The van der Waals surface area contributed by atoms with Crippen molar-refractivity contribution < 1.29 is 4.74 Å². The first-order chi connectivity index (χ1) is 7.70. The molecular weight excluding hydrogens is 202 g/mol. The molecule has 1 aliphatic rings. The van der Waals surface area contributed by atoms with Crippen molar-refractivity contribution in [1.82, 2.24) is 4.98 Å². The highest BCUT2D eigenvalue weighted by Crippen LogP contribution is 2.23. The number of ether oxygens (including phenoxy) is 1.